The topological polar surface area (TPSA) is 20.3 Å². The van der Waals surface area contributed by atoms with Crippen molar-refractivity contribution >= 4 is 22.6 Å². The number of carbonyl (C=O) groups excluding carboxylic acids is 1. The van der Waals surface area contributed by atoms with Crippen LogP contribution in [-0.2, 0) is 0 Å². The molecule has 15 heavy (non-hydrogen) atoms. The molecule has 0 spiro atoms. The SMILES string of the molecule is CC1CCCCCN1c1ccc(C=O)s1. The Morgan fingerprint density at radius 2 is 2.27 bits per heavy atom. The van der Waals surface area contributed by atoms with E-state index in [0.29, 0.717) is 6.04 Å². The van der Waals surface area contributed by atoms with Gasteiger partial charge in [0.05, 0.1) is 9.88 Å². The molecule has 0 radical (unpaired) electrons. The summed E-state index contributed by atoms with van der Waals surface area (Å²) in [5.41, 5.74) is 0. The highest BCUT2D eigenvalue weighted by Gasteiger charge is 2.18. The number of carbonyl (C=O) groups is 1. The van der Waals surface area contributed by atoms with E-state index < -0.39 is 0 Å². The van der Waals surface area contributed by atoms with Gasteiger partial charge in [-0.05, 0) is 31.9 Å². The summed E-state index contributed by atoms with van der Waals surface area (Å²) in [7, 11) is 0. The molecule has 0 amide bonds. The lowest BCUT2D eigenvalue weighted by molar-refractivity contribution is 0.112. The van der Waals surface area contributed by atoms with Gasteiger partial charge in [0.25, 0.3) is 0 Å². The zero-order valence-corrected chi connectivity index (χ0v) is 9.93. The van der Waals surface area contributed by atoms with Crippen molar-refractivity contribution < 1.29 is 4.79 Å². The van der Waals surface area contributed by atoms with Crippen LogP contribution >= 0.6 is 11.3 Å². The van der Waals surface area contributed by atoms with Crippen LogP contribution in [0, 0.1) is 0 Å². The second kappa shape index (κ2) is 4.79. The molecule has 1 aliphatic heterocycles. The molecule has 0 bridgehead atoms. The van der Waals surface area contributed by atoms with Crippen molar-refractivity contribution in [2.75, 3.05) is 11.4 Å². The first-order valence-electron chi connectivity index (χ1n) is 5.63. The summed E-state index contributed by atoms with van der Waals surface area (Å²) in [5.74, 6) is 0. The van der Waals surface area contributed by atoms with Crippen LogP contribution in [0.1, 0.15) is 42.3 Å². The maximum absolute atomic E-state index is 10.6. The van der Waals surface area contributed by atoms with Gasteiger partial charge in [0.15, 0.2) is 6.29 Å². The molecule has 1 atom stereocenters. The van der Waals surface area contributed by atoms with Crippen molar-refractivity contribution in [3.63, 3.8) is 0 Å². The summed E-state index contributed by atoms with van der Waals surface area (Å²) in [4.78, 5) is 13.9. The predicted molar refractivity (Wildman–Crippen MR) is 65.0 cm³/mol. The summed E-state index contributed by atoms with van der Waals surface area (Å²) in [6.07, 6.45) is 6.17. The highest BCUT2D eigenvalue weighted by molar-refractivity contribution is 7.17. The standard InChI is InChI=1S/C12H17NOS/c1-10-5-3-2-4-8-13(10)12-7-6-11(9-14)15-12/h6-7,9-10H,2-5,8H2,1H3. The summed E-state index contributed by atoms with van der Waals surface area (Å²) >= 11 is 1.61. The van der Waals surface area contributed by atoms with Crippen LogP contribution < -0.4 is 4.90 Å². The second-order valence-corrected chi connectivity index (χ2v) is 5.28. The van der Waals surface area contributed by atoms with Crippen LogP contribution in [0.5, 0.6) is 0 Å². The average Bonchev–Trinajstić information content (AvgIpc) is 2.62. The van der Waals surface area contributed by atoms with Crippen LogP contribution in [0.15, 0.2) is 12.1 Å². The maximum Gasteiger partial charge on any atom is 0.160 e. The summed E-state index contributed by atoms with van der Waals surface area (Å²) in [6, 6.07) is 4.62. The molecule has 0 saturated carbocycles. The lowest BCUT2D eigenvalue weighted by atomic mass is 10.1. The van der Waals surface area contributed by atoms with Crippen molar-refractivity contribution in [1.82, 2.24) is 0 Å². The van der Waals surface area contributed by atoms with E-state index in [-0.39, 0.29) is 0 Å². The number of anilines is 1. The minimum Gasteiger partial charge on any atom is -0.361 e. The Morgan fingerprint density at radius 3 is 3.00 bits per heavy atom. The van der Waals surface area contributed by atoms with Gasteiger partial charge in [-0.15, -0.1) is 11.3 Å². The number of hydrogen-bond acceptors (Lipinski definition) is 3. The van der Waals surface area contributed by atoms with Crippen LogP contribution in [0.4, 0.5) is 5.00 Å². The van der Waals surface area contributed by atoms with Gasteiger partial charge in [-0.2, -0.15) is 0 Å². The first-order chi connectivity index (χ1) is 7.31. The van der Waals surface area contributed by atoms with Crippen LogP contribution in [0.2, 0.25) is 0 Å². The van der Waals surface area contributed by atoms with Crippen molar-refractivity contribution in [1.29, 1.82) is 0 Å². The Hall–Kier alpha value is -0.830. The van der Waals surface area contributed by atoms with Crippen molar-refractivity contribution in [2.45, 2.75) is 38.6 Å². The largest absolute Gasteiger partial charge is 0.361 e. The van der Waals surface area contributed by atoms with E-state index in [1.807, 2.05) is 6.07 Å². The monoisotopic (exact) mass is 223 g/mol. The Bertz CT molecular complexity index is 334. The summed E-state index contributed by atoms with van der Waals surface area (Å²) < 4.78 is 0. The fraction of sp³-hybridized carbons (Fsp3) is 0.583. The molecule has 1 aromatic heterocycles. The van der Waals surface area contributed by atoms with Crippen LogP contribution in [-0.4, -0.2) is 18.9 Å². The Balaban J connectivity index is 2.16. The molecule has 1 aliphatic rings. The first-order valence-corrected chi connectivity index (χ1v) is 6.44. The molecule has 0 aromatic carbocycles. The van der Waals surface area contributed by atoms with E-state index in [4.69, 9.17) is 0 Å². The summed E-state index contributed by atoms with van der Waals surface area (Å²) in [5, 5.41) is 1.26. The summed E-state index contributed by atoms with van der Waals surface area (Å²) in [6.45, 7) is 3.42. The minimum atomic E-state index is 0.616. The van der Waals surface area contributed by atoms with E-state index in [9.17, 15) is 4.79 Å². The molecule has 3 heteroatoms. The normalized spacial score (nSPS) is 22.5. The molecule has 82 valence electrons. The molecule has 1 unspecified atom stereocenters. The third-order valence-electron chi connectivity index (χ3n) is 3.06. The Morgan fingerprint density at radius 1 is 1.40 bits per heavy atom. The molecule has 1 saturated heterocycles. The van der Waals surface area contributed by atoms with Gasteiger partial charge >= 0.3 is 0 Å². The van der Waals surface area contributed by atoms with E-state index in [2.05, 4.69) is 17.9 Å². The predicted octanol–water partition coefficient (Wildman–Crippen LogP) is 3.33. The van der Waals surface area contributed by atoms with E-state index >= 15 is 0 Å². The minimum absolute atomic E-state index is 0.616. The van der Waals surface area contributed by atoms with Crippen molar-refractivity contribution in [3.8, 4) is 0 Å². The molecule has 2 nitrogen and oxygen atoms in total. The molecule has 0 N–H and O–H groups in total. The number of thiophene rings is 1. The van der Waals surface area contributed by atoms with Gasteiger partial charge in [0.2, 0.25) is 0 Å². The molecule has 1 fully saturated rings. The Kier molecular flexibility index (Phi) is 3.41. The van der Waals surface area contributed by atoms with Gasteiger partial charge in [0.1, 0.15) is 0 Å². The third kappa shape index (κ3) is 2.40. The van der Waals surface area contributed by atoms with E-state index in [1.165, 1.54) is 30.7 Å². The zero-order valence-electron chi connectivity index (χ0n) is 9.11. The molecule has 2 heterocycles. The number of hydrogen-bond donors (Lipinski definition) is 0. The number of rotatable bonds is 2. The molecule has 0 aliphatic carbocycles. The Labute approximate surface area is 94.9 Å². The van der Waals surface area contributed by atoms with Crippen molar-refractivity contribution in [3.05, 3.63) is 17.0 Å². The third-order valence-corrected chi connectivity index (χ3v) is 4.11. The van der Waals surface area contributed by atoms with Gasteiger partial charge in [-0.1, -0.05) is 12.8 Å². The van der Waals surface area contributed by atoms with Gasteiger partial charge in [-0.3, -0.25) is 4.79 Å². The van der Waals surface area contributed by atoms with Gasteiger partial charge < -0.3 is 4.90 Å². The van der Waals surface area contributed by atoms with Crippen molar-refractivity contribution in [2.24, 2.45) is 0 Å². The highest BCUT2D eigenvalue weighted by Crippen LogP contribution is 2.29. The molecular weight excluding hydrogens is 206 g/mol. The zero-order chi connectivity index (χ0) is 10.7. The van der Waals surface area contributed by atoms with Gasteiger partial charge in [-0.25, -0.2) is 0 Å². The lowest BCUT2D eigenvalue weighted by Gasteiger charge is -2.27. The highest BCUT2D eigenvalue weighted by atomic mass is 32.1. The lowest BCUT2D eigenvalue weighted by Crippen LogP contribution is -2.31. The van der Waals surface area contributed by atoms with E-state index in [0.717, 1.165) is 17.7 Å². The number of aldehydes is 1. The van der Waals surface area contributed by atoms with Gasteiger partial charge in [0, 0.05) is 12.6 Å². The molecular formula is C12H17NOS. The smallest absolute Gasteiger partial charge is 0.160 e. The van der Waals surface area contributed by atoms with E-state index in [1.54, 1.807) is 11.3 Å². The fourth-order valence-electron chi connectivity index (χ4n) is 2.16. The average molecular weight is 223 g/mol. The second-order valence-electron chi connectivity index (χ2n) is 4.19. The van der Waals surface area contributed by atoms with Crippen LogP contribution in [0.25, 0.3) is 0 Å². The maximum atomic E-state index is 10.6. The quantitative estimate of drug-likeness (QED) is 0.717. The molecule has 1 aromatic rings. The first kappa shape index (κ1) is 10.7. The fourth-order valence-corrected chi connectivity index (χ4v) is 3.11. The molecule has 2 rings (SSSR count). The number of nitrogens with zero attached hydrogens (tertiary/aromatic N) is 1. The van der Waals surface area contributed by atoms with Crippen LogP contribution in [0.3, 0.4) is 0 Å².